The normalized spacial score (nSPS) is 19.6. The zero-order chi connectivity index (χ0) is 12.4. The smallest absolute Gasteiger partial charge is 0.255 e. The number of halogens is 1. The average molecular weight is 254 g/mol. The van der Waals surface area contributed by atoms with Crippen LogP contribution in [0.5, 0.6) is 0 Å². The summed E-state index contributed by atoms with van der Waals surface area (Å²) in [5.74, 6) is 0.264. The van der Waals surface area contributed by atoms with E-state index in [0.717, 1.165) is 25.8 Å². The summed E-state index contributed by atoms with van der Waals surface area (Å²) < 4.78 is 0. The summed E-state index contributed by atoms with van der Waals surface area (Å²) >= 11 is 5.88. The maximum atomic E-state index is 12.3. The summed E-state index contributed by atoms with van der Waals surface area (Å²) in [6.07, 6.45) is 4.63. The number of carbonyl (C=O) groups is 1. The highest BCUT2D eigenvalue weighted by Crippen LogP contribution is 2.24. The molecule has 1 fully saturated rings. The summed E-state index contributed by atoms with van der Waals surface area (Å²) in [5, 5.41) is 0.336. The molecule has 0 bridgehead atoms. The Morgan fingerprint density at radius 1 is 1.71 bits per heavy atom. The number of hydrogen-bond acceptors (Lipinski definition) is 3. The second kappa shape index (κ2) is 4.92. The molecule has 1 aliphatic heterocycles. The second-order valence-electron chi connectivity index (χ2n) is 4.29. The Hall–Kier alpha value is -1.29. The summed E-state index contributed by atoms with van der Waals surface area (Å²) in [4.78, 5) is 18.1. The molecule has 1 saturated heterocycles. The van der Waals surface area contributed by atoms with E-state index in [0.29, 0.717) is 16.6 Å². The number of amides is 1. The molecular formula is C12H16ClN3O. The summed E-state index contributed by atoms with van der Waals surface area (Å²) in [6, 6.07) is 1.94. The number of likely N-dealkylation sites (tertiary alicyclic amines) is 1. The van der Waals surface area contributed by atoms with Gasteiger partial charge in [0.2, 0.25) is 0 Å². The maximum absolute atomic E-state index is 12.3. The minimum Gasteiger partial charge on any atom is -0.382 e. The summed E-state index contributed by atoms with van der Waals surface area (Å²) in [6.45, 7) is 2.92. The number of rotatable bonds is 2. The Morgan fingerprint density at radius 2 is 2.47 bits per heavy atom. The molecule has 1 unspecified atom stereocenters. The lowest BCUT2D eigenvalue weighted by Crippen LogP contribution is -2.35. The lowest BCUT2D eigenvalue weighted by molar-refractivity contribution is 0.0733. The molecule has 1 amide bonds. The standard InChI is InChI=1S/C12H16ClN3O/c1-2-9-4-3-5-16(9)12(17)8-6-10(13)11(14)15-7-8/h6-7,9H,2-5H2,1H3,(H2,14,15). The van der Waals surface area contributed by atoms with Crippen molar-refractivity contribution in [2.24, 2.45) is 0 Å². The molecule has 1 aromatic rings. The van der Waals surface area contributed by atoms with Crippen LogP contribution < -0.4 is 5.73 Å². The first-order valence-electron chi connectivity index (χ1n) is 5.85. The Labute approximate surface area is 106 Å². The predicted octanol–water partition coefficient (Wildman–Crippen LogP) is 2.33. The Morgan fingerprint density at radius 3 is 3.12 bits per heavy atom. The van der Waals surface area contributed by atoms with Crippen LogP contribution in [0.2, 0.25) is 5.02 Å². The van der Waals surface area contributed by atoms with Gasteiger partial charge in [-0.2, -0.15) is 0 Å². The molecule has 0 saturated carbocycles. The van der Waals surface area contributed by atoms with E-state index in [1.54, 1.807) is 6.07 Å². The first kappa shape index (κ1) is 12.2. The van der Waals surface area contributed by atoms with E-state index >= 15 is 0 Å². The number of nitrogens with zero attached hydrogens (tertiary/aromatic N) is 2. The predicted molar refractivity (Wildman–Crippen MR) is 68.0 cm³/mol. The maximum Gasteiger partial charge on any atom is 0.255 e. The lowest BCUT2D eigenvalue weighted by atomic mass is 10.1. The highest BCUT2D eigenvalue weighted by molar-refractivity contribution is 6.33. The molecule has 4 nitrogen and oxygen atoms in total. The molecule has 2 N–H and O–H groups in total. The van der Waals surface area contributed by atoms with E-state index in [1.807, 2.05) is 4.90 Å². The minimum absolute atomic E-state index is 0.00347. The minimum atomic E-state index is 0.00347. The van der Waals surface area contributed by atoms with Crippen molar-refractivity contribution < 1.29 is 4.79 Å². The third-order valence-corrected chi connectivity index (χ3v) is 3.53. The molecule has 2 heterocycles. The van der Waals surface area contributed by atoms with Gasteiger partial charge in [-0.3, -0.25) is 4.79 Å². The van der Waals surface area contributed by atoms with Gasteiger partial charge in [0.15, 0.2) is 0 Å². The van der Waals surface area contributed by atoms with Crippen molar-refractivity contribution in [3.8, 4) is 0 Å². The van der Waals surface area contributed by atoms with Crippen LogP contribution >= 0.6 is 11.6 Å². The van der Waals surface area contributed by atoms with Gasteiger partial charge in [0, 0.05) is 18.8 Å². The SMILES string of the molecule is CCC1CCCN1C(=O)c1cnc(N)c(Cl)c1. The quantitative estimate of drug-likeness (QED) is 0.880. The highest BCUT2D eigenvalue weighted by atomic mass is 35.5. The average Bonchev–Trinajstić information content (AvgIpc) is 2.80. The fraction of sp³-hybridized carbons (Fsp3) is 0.500. The van der Waals surface area contributed by atoms with Crippen LogP contribution in [-0.2, 0) is 0 Å². The third kappa shape index (κ3) is 2.36. The Balaban J connectivity index is 2.21. The fourth-order valence-electron chi connectivity index (χ4n) is 2.26. The molecule has 92 valence electrons. The molecule has 1 aromatic heterocycles. The van der Waals surface area contributed by atoms with Crippen LogP contribution in [0.4, 0.5) is 5.82 Å². The fourth-order valence-corrected chi connectivity index (χ4v) is 2.43. The molecule has 1 atom stereocenters. The Bertz CT molecular complexity index is 436. The number of nitrogens with two attached hydrogens (primary N) is 1. The zero-order valence-corrected chi connectivity index (χ0v) is 10.6. The van der Waals surface area contributed by atoms with E-state index in [1.165, 1.54) is 6.20 Å². The van der Waals surface area contributed by atoms with Crippen LogP contribution in [0.15, 0.2) is 12.3 Å². The van der Waals surface area contributed by atoms with Crippen molar-refractivity contribution in [2.75, 3.05) is 12.3 Å². The first-order chi connectivity index (χ1) is 8.13. The first-order valence-corrected chi connectivity index (χ1v) is 6.23. The number of pyridine rings is 1. The topological polar surface area (TPSA) is 59.2 Å². The highest BCUT2D eigenvalue weighted by Gasteiger charge is 2.28. The van der Waals surface area contributed by atoms with E-state index in [4.69, 9.17) is 17.3 Å². The zero-order valence-electron chi connectivity index (χ0n) is 9.82. The van der Waals surface area contributed by atoms with Crippen molar-refractivity contribution >= 4 is 23.3 Å². The van der Waals surface area contributed by atoms with Crippen molar-refractivity contribution in [3.05, 3.63) is 22.8 Å². The van der Waals surface area contributed by atoms with Crippen LogP contribution in [0.3, 0.4) is 0 Å². The molecule has 0 spiro atoms. The molecule has 0 aromatic carbocycles. The summed E-state index contributed by atoms with van der Waals surface area (Å²) in [7, 11) is 0. The van der Waals surface area contributed by atoms with Gasteiger partial charge in [0.05, 0.1) is 10.6 Å². The number of nitrogen functional groups attached to an aromatic ring is 1. The van der Waals surface area contributed by atoms with Crippen molar-refractivity contribution in [3.63, 3.8) is 0 Å². The van der Waals surface area contributed by atoms with Gasteiger partial charge in [-0.15, -0.1) is 0 Å². The van der Waals surface area contributed by atoms with Crippen molar-refractivity contribution in [2.45, 2.75) is 32.2 Å². The molecule has 1 aliphatic rings. The number of anilines is 1. The van der Waals surface area contributed by atoms with Crippen LogP contribution in [-0.4, -0.2) is 28.4 Å². The van der Waals surface area contributed by atoms with Crippen LogP contribution in [0, 0.1) is 0 Å². The molecular weight excluding hydrogens is 238 g/mol. The number of aromatic nitrogens is 1. The van der Waals surface area contributed by atoms with Crippen molar-refractivity contribution in [1.29, 1.82) is 0 Å². The van der Waals surface area contributed by atoms with Gasteiger partial charge in [0.1, 0.15) is 5.82 Å². The lowest BCUT2D eigenvalue weighted by Gasteiger charge is -2.23. The second-order valence-corrected chi connectivity index (χ2v) is 4.70. The number of hydrogen-bond donors (Lipinski definition) is 1. The monoisotopic (exact) mass is 253 g/mol. The van der Waals surface area contributed by atoms with E-state index in [2.05, 4.69) is 11.9 Å². The molecule has 2 rings (SSSR count). The van der Waals surface area contributed by atoms with Gasteiger partial charge in [-0.05, 0) is 25.3 Å². The van der Waals surface area contributed by atoms with Crippen LogP contribution in [0.1, 0.15) is 36.5 Å². The van der Waals surface area contributed by atoms with E-state index in [-0.39, 0.29) is 11.7 Å². The van der Waals surface area contributed by atoms with Crippen LogP contribution in [0.25, 0.3) is 0 Å². The molecule has 0 radical (unpaired) electrons. The van der Waals surface area contributed by atoms with Gasteiger partial charge in [-0.1, -0.05) is 18.5 Å². The largest absolute Gasteiger partial charge is 0.382 e. The van der Waals surface area contributed by atoms with E-state index in [9.17, 15) is 4.79 Å². The van der Waals surface area contributed by atoms with Gasteiger partial charge < -0.3 is 10.6 Å². The van der Waals surface area contributed by atoms with Gasteiger partial charge in [-0.25, -0.2) is 4.98 Å². The van der Waals surface area contributed by atoms with E-state index < -0.39 is 0 Å². The molecule has 0 aliphatic carbocycles. The third-order valence-electron chi connectivity index (χ3n) is 3.23. The Kier molecular flexibility index (Phi) is 3.52. The molecule has 17 heavy (non-hydrogen) atoms. The summed E-state index contributed by atoms with van der Waals surface area (Å²) in [5.41, 5.74) is 6.05. The molecule has 5 heteroatoms. The van der Waals surface area contributed by atoms with Gasteiger partial charge >= 0.3 is 0 Å². The van der Waals surface area contributed by atoms with Crippen molar-refractivity contribution in [1.82, 2.24) is 9.88 Å². The number of carbonyl (C=O) groups excluding carboxylic acids is 1. The van der Waals surface area contributed by atoms with Gasteiger partial charge in [0.25, 0.3) is 5.91 Å².